The van der Waals surface area contributed by atoms with Gasteiger partial charge in [0.25, 0.3) is 0 Å². The molecule has 21 heavy (non-hydrogen) atoms. The molecule has 2 rings (SSSR count). The third-order valence-electron chi connectivity index (χ3n) is 3.51. The fourth-order valence-electron chi connectivity index (χ4n) is 2.42. The minimum atomic E-state index is -3.63. The number of sulfonamides is 1. The number of ether oxygens (including phenoxy) is 1. The van der Waals surface area contributed by atoms with Crippen LogP contribution in [-0.4, -0.2) is 49.6 Å². The van der Waals surface area contributed by atoms with Crippen LogP contribution in [0.5, 0.6) is 0 Å². The topological polar surface area (TPSA) is 83.9 Å². The van der Waals surface area contributed by atoms with E-state index >= 15 is 0 Å². The van der Waals surface area contributed by atoms with Crippen LogP contribution in [0.3, 0.4) is 0 Å². The monoisotopic (exact) mass is 313 g/mol. The lowest BCUT2D eigenvalue weighted by Gasteiger charge is -2.22. The number of nitrogens with zero attached hydrogens (tertiary/aromatic N) is 1. The van der Waals surface area contributed by atoms with Gasteiger partial charge in [-0.15, -0.1) is 0 Å². The molecule has 1 aromatic rings. The van der Waals surface area contributed by atoms with E-state index in [1.807, 2.05) is 0 Å². The van der Waals surface area contributed by atoms with Gasteiger partial charge in [-0.1, -0.05) is 0 Å². The zero-order valence-corrected chi connectivity index (χ0v) is 12.7. The van der Waals surface area contributed by atoms with Crippen LogP contribution in [0.4, 0.5) is 0 Å². The van der Waals surface area contributed by atoms with Gasteiger partial charge in [0.05, 0.1) is 23.7 Å². The lowest BCUT2D eigenvalue weighted by Crippen LogP contribution is -2.37. The van der Waals surface area contributed by atoms with Crippen LogP contribution in [0, 0.1) is 0 Å². The van der Waals surface area contributed by atoms with Gasteiger partial charge in [-0.05, 0) is 44.0 Å². The standard InChI is InChI=1S/C14H19NO5S/c1-2-20-14(17)11-5-7-13(8-6-11)21(18,19)15-9-3-4-12(15)10-16/h5-8,12,16H,2-4,9-10H2,1H3/t12-/m1/s1. The second-order valence-electron chi connectivity index (χ2n) is 4.84. The maximum absolute atomic E-state index is 12.5. The smallest absolute Gasteiger partial charge is 0.338 e. The second-order valence-corrected chi connectivity index (χ2v) is 6.73. The molecule has 1 heterocycles. The number of aliphatic hydroxyl groups is 1. The molecule has 1 atom stereocenters. The number of hydrogen-bond acceptors (Lipinski definition) is 5. The summed E-state index contributed by atoms with van der Waals surface area (Å²) in [6.07, 6.45) is 1.40. The van der Waals surface area contributed by atoms with E-state index in [2.05, 4.69) is 0 Å². The molecule has 1 saturated heterocycles. The van der Waals surface area contributed by atoms with Crippen molar-refractivity contribution < 1.29 is 23.1 Å². The quantitative estimate of drug-likeness (QED) is 0.820. The summed E-state index contributed by atoms with van der Waals surface area (Å²) in [6.45, 7) is 2.21. The summed E-state index contributed by atoms with van der Waals surface area (Å²) in [5.74, 6) is -0.476. The molecule has 1 N–H and O–H groups in total. The van der Waals surface area contributed by atoms with Crippen molar-refractivity contribution in [1.29, 1.82) is 0 Å². The first-order valence-corrected chi connectivity index (χ1v) is 8.34. The Morgan fingerprint density at radius 3 is 2.62 bits per heavy atom. The van der Waals surface area contributed by atoms with E-state index in [4.69, 9.17) is 4.74 Å². The second kappa shape index (κ2) is 6.55. The van der Waals surface area contributed by atoms with Gasteiger partial charge in [0.1, 0.15) is 0 Å². The van der Waals surface area contributed by atoms with Crippen molar-refractivity contribution in [2.45, 2.75) is 30.7 Å². The first-order chi connectivity index (χ1) is 10.0. The van der Waals surface area contributed by atoms with Crippen molar-refractivity contribution in [3.63, 3.8) is 0 Å². The molecule has 1 aliphatic heterocycles. The van der Waals surface area contributed by atoms with Crippen molar-refractivity contribution in [2.75, 3.05) is 19.8 Å². The van der Waals surface area contributed by atoms with E-state index in [0.717, 1.165) is 6.42 Å². The van der Waals surface area contributed by atoms with Gasteiger partial charge < -0.3 is 9.84 Å². The lowest BCUT2D eigenvalue weighted by molar-refractivity contribution is 0.0526. The molecule has 6 nitrogen and oxygen atoms in total. The highest BCUT2D eigenvalue weighted by Crippen LogP contribution is 2.26. The Labute approximate surface area is 124 Å². The van der Waals surface area contributed by atoms with Gasteiger partial charge in [-0.2, -0.15) is 4.31 Å². The van der Waals surface area contributed by atoms with E-state index in [0.29, 0.717) is 18.5 Å². The zero-order valence-electron chi connectivity index (χ0n) is 11.9. The number of carbonyl (C=O) groups excluding carboxylic acids is 1. The first kappa shape index (κ1) is 15.9. The van der Waals surface area contributed by atoms with E-state index in [1.54, 1.807) is 6.92 Å². The number of carbonyl (C=O) groups is 1. The van der Waals surface area contributed by atoms with Crippen molar-refractivity contribution in [1.82, 2.24) is 4.31 Å². The van der Waals surface area contributed by atoms with Crippen LogP contribution < -0.4 is 0 Å². The van der Waals surface area contributed by atoms with Crippen LogP contribution in [-0.2, 0) is 14.8 Å². The Balaban J connectivity index is 2.23. The molecular formula is C14H19NO5S. The molecule has 0 unspecified atom stereocenters. The number of rotatable bonds is 5. The fraction of sp³-hybridized carbons (Fsp3) is 0.500. The molecule has 0 aromatic heterocycles. The Morgan fingerprint density at radius 2 is 2.05 bits per heavy atom. The minimum absolute atomic E-state index is 0.121. The molecule has 0 aliphatic carbocycles. The van der Waals surface area contributed by atoms with E-state index < -0.39 is 16.0 Å². The Hall–Kier alpha value is -1.44. The largest absolute Gasteiger partial charge is 0.462 e. The molecule has 0 saturated carbocycles. The molecule has 0 amide bonds. The molecule has 7 heteroatoms. The first-order valence-electron chi connectivity index (χ1n) is 6.90. The van der Waals surface area contributed by atoms with Crippen LogP contribution in [0.1, 0.15) is 30.1 Å². The average molecular weight is 313 g/mol. The molecule has 1 fully saturated rings. The molecule has 0 spiro atoms. The van der Waals surface area contributed by atoms with Crippen LogP contribution >= 0.6 is 0 Å². The van der Waals surface area contributed by atoms with Gasteiger partial charge in [0.2, 0.25) is 10.0 Å². The van der Waals surface area contributed by atoms with Crippen molar-refractivity contribution in [3.8, 4) is 0 Å². The van der Waals surface area contributed by atoms with Gasteiger partial charge >= 0.3 is 5.97 Å². The normalized spacial score (nSPS) is 19.6. The van der Waals surface area contributed by atoms with Gasteiger partial charge in [0.15, 0.2) is 0 Å². The van der Waals surface area contributed by atoms with E-state index in [-0.39, 0.29) is 24.2 Å². The summed E-state index contributed by atoms with van der Waals surface area (Å²) < 4.78 is 31.2. The van der Waals surface area contributed by atoms with Crippen LogP contribution in [0.15, 0.2) is 29.2 Å². The van der Waals surface area contributed by atoms with Gasteiger partial charge in [0, 0.05) is 12.6 Å². The summed E-state index contributed by atoms with van der Waals surface area (Å²) in [7, 11) is -3.63. The third-order valence-corrected chi connectivity index (χ3v) is 5.47. The summed E-state index contributed by atoms with van der Waals surface area (Å²) in [6, 6.07) is 5.31. The maximum atomic E-state index is 12.5. The number of benzene rings is 1. The lowest BCUT2D eigenvalue weighted by atomic mass is 10.2. The van der Waals surface area contributed by atoms with E-state index in [9.17, 15) is 18.3 Å². The number of hydrogen-bond donors (Lipinski definition) is 1. The van der Waals surface area contributed by atoms with Crippen molar-refractivity contribution in [3.05, 3.63) is 29.8 Å². The highest BCUT2D eigenvalue weighted by Gasteiger charge is 2.34. The Bertz CT molecular complexity index is 596. The summed E-state index contributed by atoms with van der Waals surface area (Å²) in [5.41, 5.74) is 0.316. The fourth-order valence-corrected chi connectivity index (χ4v) is 4.11. The van der Waals surface area contributed by atoms with E-state index in [1.165, 1.54) is 28.6 Å². The van der Waals surface area contributed by atoms with Crippen molar-refractivity contribution in [2.24, 2.45) is 0 Å². The number of esters is 1. The highest BCUT2D eigenvalue weighted by molar-refractivity contribution is 7.89. The molecule has 0 radical (unpaired) electrons. The molecule has 116 valence electrons. The minimum Gasteiger partial charge on any atom is -0.462 e. The molecule has 0 bridgehead atoms. The predicted octanol–water partition coefficient (Wildman–Crippen LogP) is 1.01. The molecule has 1 aromatic carbocycles. The van der Waals surface area contributed by atoms with Crippen LogP contribution in [0.2, 0.25) is 0 Å². The summed E-state index contributed by atoms with van der Waals surface area (Å²) in [5, 5.41) is 9.26. The molecular weight excluding hydrogens is 294 g/mol. The third kappa shape index (κ3) is 3.25. The SMILES string of the molecule is CCOC(=O)c1ccc(S(=O)(=O)N2CCC[C@@H]2CO)cc1. The predicted molar refractivity (Wildman–Crippen MR) is 76.4 cm³/mol. The maximum Gasteiger partial charge on any atom is 0.338 e. The summed E-state index contributed by atoms with van der Waals surface area (Å²) >= 11 is 0. The zero-order chi connectivity index (χ0) is 15.5. The van der Waals surface area contributed by atoms with Gasteiger partial charge in [-0.25, -0.2) is 13.2 Å². The Morgan fingerprint density at radius 1 is 1.38 bits per heavy atom. The highest BCUT2D eigenvalue weighted by atomic mass is 32.2. The Kier molecular flexibility index (Phi) is 4.97. The molecule has 1 aliphatic rings. The number of aliphatic hydroxyl groups excluding tert-OH is 1. The average Bonchev–Trinajstić information content (AvgIpc) is 2.97. The van der Waals surface area contributed by atoms with Crippen LogP contribution in [0.25, 0.3) is 0 Å². The van der Waals surface area contributed by atoms with Gasteiger partial charge in [-0.3, -0.25) is 0 Å². The van der Waals surface area contributed by atoms with Crippen molar-refractivity contribution >= 4 is 16.0 Å². The summed E-state index contributed by atoms with van der Waals surface area (Å²) in [4.78, 5) is 11.7.